The number of carbonyl (C=O) groups is 1. The highest BCUT2D eigenvalue weighted by Crippen LogP contribution is 2.45. The summed E-state index contributed by atoms with van der Waals surface area (Å²) in [5.74, 6) is 1.12. The number of Topliss-reactive ketones (excluding diaryl/α,β-unsaturated/α-hetero) is 1. The van der Waals surface area contributed by atoms with E-state index in [1.165, 1.54) is 19.3 Å². The fourth-order valence-corrected chi connectivity index (χ4v) is 3.66. The van der Waals surface area contributed by atoms with Crippen LogP contribution in [0, 0.1) is 5.92 Å². The first-order valence-corrected chi connectivity index (χ1v) is 5.71. The van der Waals surface area contributed by atoms with Gasteiger partial charge in [0, 0.05) is 18.1 Å². The van der Waals surface area contributed by atoms with E-state index >= 15 is 0 Å². The van der Waals surface area contributed by atoms with E-state index in [1.54, 1.807) is 6.92 Å². The van der Waals surface area contributed by atoms with E-state index in [1.807, 2.05) is 0 Å². The molecule has 1 spiro atoms. The molecule has 0 amide bonds. The summed E-state index contributed by atoms with van der Waals surface area (Å²) in [6.45, 7) is 2.70. The summed E-state index contributed by atoms with van der Waals surface area (Å²) in [7, 11) is 0. The number of hydrogen-bond acceptors (Lipinski definition) is 3. The van der Waals surface area contributed by atoms with Crippen LogP contribution in [-0.4, -0.2) is 30.0 Å². The van der Waals surface area contributed by atoms with Crippen molar-refractivity contribution in [1.29, 1.82) is 0 Å². The quantitative estimate of drug-likeness (QED) is 0.636. The zero-order valence-electron chi connectivity index (χ0n) is 8.68. The van der Waals surface area contributed by atoms with Crippen molar-refractivity contribution in [2.75, 3.05) is 6.54 Å². The molecule has 4 unspecified atom stereocenters. The maximum Gasteiger partial charge on any atom is 0.146 e. The van der Waals surface area contributed by atoms with Crippen LogP contribution in [0.3, 0.4) is 0 Å². The van der Waals surface area contributed by atoms with Gasteiger partial charge >= 0.3 is 0 Å². The second-order valence-corrected chi connectivity index (χ2v) is 5.26. The topological polar surface area (TPSA) is 41.1 Å². The lowest BCUT2D eigenvalue weighted by molar-refractivity contribution is -0.118. The lowest BCUT2D eigenvalue weighted by Gasteiger charge is -2.34. The second-order valence-electron chi connectivity index (χ2n) is 5.26. The van der Waals surface area contributed by atoms with Gasteiger partial charge in [0.2, 0.25) is 0 Å². The molecule has 14 heavy (non-hydrogen) atoms. The van der Waals surface area contributed by atoms with E-state index in [0.29, 0.717) is 5.78 Å². The number of carbonyl (C=O) groups excluding carboxylic acids is 1. The van der Waals surface area contributed by atoms with Crippen LogP contribution in [0.4, 0.5) is 0 Å². The predicted octanol–water partition coefficient (Wildman–Crippen LogP) is 0.448. The molecule has 3 aliphatic rings. The fourth-order valence-electron chi connectivity index (χ4n) is 3.66. The molecule has 1 saturated carbocycles. The summed E-state index contributed by atoms with van der Waals surface area (Å²) < 4.78 is 0. The minimum Gasteiger partial charge on any atom is -0.307 e. The number of hydrogen-bond donors (Lipinski definition) is 2. The zero-order valence-corrected chi connectivity index (χ0v) is 8.68. The van der Waals surface area contributed by atoms with Gasteiger partial charge < -0.3 is 10.6 Å². The van der Waals surface area contributed by atoms with Crippen LogP contribution in [0.2, 0.25) is 0 Å². The lowest BCUT2D eigenvalue weighted by Crippen LogP contribution is -2.51. The van der Waals surface area contributed by atoms with Crippen molar-refractivity contribution in [1.82, 2.24) is 10.6 Å². The molecule has 2 saturated heterocycles. The number of nitrogens with one attached hydrogen (secondary N) is 2. The van der Waals surface area contributed by atoms with Gasteiger partial charge in [0.15, 0.2) is 0 Å². The molecule has 0 radical (unpaired) electrons. The van der Waals surface area contributed by atoms with Crippen molar-refractivity contribution in [2.24, 2.45) is 5.92 Å². The van der Waals surface area contributed by atoms with Gasteiger partial charge in [-0.1, -0.05) is 0 Å². The normalized spacial score (nSPS) is 50.5. The van der Waals surface area contributed by atoms with E-state index < -0.39 is 0 Å². The average Bonchev–Trinajstić information content (AvgIpc) is 2.79. The molecule has 0 aromatic rings. The number of ketones is 1. The van der Waals surface area contributed by atoms with E-state index in [-0.39, 0.29) is 11.6 Å². The highest BCUT2D eigenvalue weighted by atomic mass is 16.1. The van der Waals surface area contributed by atoms with Crippen LogP contribution in [0.1, 0.15) is 32.6 Å². The minimum atomic E-state index is 0.113. The third-order valence-corrected chi connectivity index (χ3v) is 4.43. The molecule has 0 aromatic carbocycles. The molecule has 2 N–H and O–H groups in total. The Morgan fingerprint density at radius 3 is 2.79 bits per heavy atom. The Bertz CT molecular complexity index is 278. The third-order valence-electron chi connectivity index (χ3n) is 4.43. The lowest BCUT2D eigenvalue weighted by atomic mass is 9.82. The van der Waals surface area contributed by atoms with Crippen molar-refractivity contribution in [2.45, 2.75) is 50.2 Å². The Morgan fingerprint density at radius 1 is 1.43 bits per heavy atom. The molecule has 1 aliphatic carbocycles. The van der Waals surface area contributed by atoms with E-state index in [4.69, 9.17) is 0 Å². The molecule has 3 fully saturated rings. The predicted molar refractivity (Wildman–Crippen MR) is 54.1 cm³/mol. The van der Waals surface area contributed by atoms with Gasteiger partial charge in [-0.15, -0.1) is 0 Å². The van der Waals surface area contributed by atoms with Crippen molar-refractivity contribution in [3.8, 4) is 0 Å². The van der Waals surface area contributed by atoms with Crippen LogP contribution >= 0.6 is 0 Å². The maximum atomic E-state index is 11.3. The summed E-state index contributed by atoms with van der Waals surface area (Å²) >= 11 is 0. The molecule has 78 valence electrons. The van der Waals surface area contributed by atoms with E-state index in [9.17, 15) is 4.79 Å². The Kier molecular flexibility index (Phi) is 1.77. The van der Waals surface area contributed by atoms with Gasteiger partial charge in [-0.25, -0.2) is 0 Å². The second kappa shape index (κ2) is 2.80. The number of rotatable bonds is 1. The van der Waals surface area contributed by atoms with Crippen LogP contribution in [0.25, 0.3) is 0 Å². The van der Waals surface area contributed by atoms with Gasteiger partial charge in [0.1, 0.15) is 5.78 Å². The van der Waals surface area contributed by atoms with Gasteiger partial charge in [0.05, 0.1) is 6.04 Å². The number of piperidine rings is 1. The molecule has 3 heteroatoms. The van der Waals surface area contributed by atoms with Crippen LogP contribution in [-0.2, 0) is 4.79 Å². The molecule has 3 rings (SSSR count). The molecule has 4 atom stereocenters. The monoisotopic (exact) mass is 194 g/mol. The third kappa shape index (κ3) is 1.09. The smallest absolute Gasteiger partial charge is 0.146 e. The van der Waals surface area contributed by atoms with Gasteiger partial charge in [-0.2, -0.15) is 0 Å². The first kappa shape index (κ1) is 8.86. The highest BCUT2D eigenvalue weighted by molar-refractivity contribution is 5.82. The average molecular weight is 194 g/mol. The SMILES string of the molecule is CC(=O)C1CC2(CN1)NC1CCC2C1. The Balaban J connectivity index is 1.78. The maximum absolute atomic E-state index is 11.3. The Morgan fingerprint density at radius 2 is 2.29 bits per heavy atom. The highest BCUT2D eigenvalue weighted by Gasteiger charge is 2.54. The van der Waals surface area contributed by atoms with Crippen molar-refractivity contribution < 1.29 is 4.79 Å². The van der Waals surface area contributed by atoms with Crippen LogP contribution in [0.15, 0.2) is 0 Å². The minimum absolute atomic E-state index is 0.113. The van der Waals surface area contributed by atoms with Crippen molar-refractivity contribution in [3.63, 3.8) is 0 Å². The largest absolute Gasteiger partial charge is 0.307 e. The van der Waals surface area contributed by atoms with Gasteiger partial charge in [-0.05, 0) is 38.5 Å². The summed E-state index contributed by atoms with van der Waals surface area (Å²) in [5.41, 5.74) is 0.277. The molecule has 2 aliphatic heterocycles. The van der Waals surface area contributed by atoms with Crippen LogP contribution < -0.4 is 10.6 Å². The summed E-state index contributed by atoms with van der Waals surface area (Å²) in [6.07, 6.45) is 5.07. The fraction of sp³-hybridized carbons (Fsp3) is 0.909. The Labute approximate surface area is 84.6 Å². The summed E-state index contributed by atoms with van der Waals surface area (Å²) in [5, 5.41) is 7.10. The molecular formula is C11H18N2O. The van der Waals surface area contributed by atoms with Gasteiger partial charge in [0.25, 0.3) is 0 Å². The molecule has 3 nitrogen and oxygen atoms in total. The van der Waals surface area contributed by atoms with Gasteiger partial charge in [-0.3, -0.25) is 4.79 Å². The molecule has 2 bridgehead atoms. The summed E-state index contributed by atoms with van der Waals surface area (Å²) in [4.78, 5) is 11.3. The summed E-state index contributed by atoms with van der Waals surface area (Å²) in [6, 6.07) is 0.856. The van der Waals surface area contributed by atoms with E-state index in [2.05, 4.69) is 10.6 Å². The first-order valence-electron chi connectivity index (χ1n) is 5.71. The zero-order chi connectivity index (χ0) is 9.76. The van der Waals surface area contributed by atoms with Crippen LogP contribution in [0.5, 0.6) is 0 Å². The van der Waals surface area contributed by atoms with E-state index in [0.717, 1.165) is 24.9 Å². The molecule has 2 heterocycles. The molecule has 0 aromatic heterocycles. The van der Waals surface area contributed by atoms with Crippen molar-refractivity contribution >= 4 is 5.78 Å². The Hall–Kier alpha value is -0.410. The standard InChI is InChI=1S/C11H18N2O/c1-7(14)10-5-11(6-12-10)8-2-3-9(4-8)13-11/h8-10,12-13H,2-6H2,1H3. The van der Waals surface area contributed by atoms with Crippen molar-refractivity contribution in [3.05, 3.63) is 0 Å². The molecular weight excluding hydrogens is 176 g/mol. The first-order chi connectivity index (χ1) is 6.70. The number of fused-ring (bicyclic) bond motifs is 3.